The molecule has 2 rings (SSSR count). The number of hydrogen-bond donors (Lipinski definition) is 1. The molecule has 114 valence electrons. The first-order chi connectivity index (χ1) is 9.90. The molecule has 6 nitrogen and oxygen atoms in total. The third-order valence-electron chi connectivity index (χ3n) is 4.22. The molecule has 0 saturated carbocycles. The summed E-state index contributed by atoms with van der Waals surface area (Å²) in [5.41, 5.74) is 1.28. The summed E-state index contributed by atoms with van der Waals surface area (Å²) in [6.07, 6.45) is 0.555. The molecule has 1 saturated heterocycles. The maximum atomic E-state index is 12.3. The lowest BCUT2D eigenvalue weighted by Gasteiger charge is -2.18. The maximum absolute atomic E-state index is 12.3. The fraction of sp³-hybridized carbons (Fsp3) is 0.533. The highest BCUT2D eigenvalue weighted by Crippen LogP contribution is 2.24. The normalized spacial score (nSPS) is 19.6. The lowest BCUT2D eigenvalue weighted by molar-refractivity contribution is -0.385. The van der Waals surface area contributed by atoms with Crippen LogP contribution in [0.5, 0.6) is 0 Å². The SMILES string of the molecule is Cc1c(CC(=O)N2CCC(C(C)O)C2)cccc1[N+](=O)[O-]. The number of aliphatic hydroxyl groups is 1. The number of nitro groups is 1. The third-order valence-corrected chi connectivity index (χ3v) is 4.22. The summed E-state index contributed by atoms with van der Waals surface area (Å²) < 4.78 is 0. The molecule has 1 aliphatic heterocycles. The second-order valence-electron chi connectivity index (χ2n) is 5.62. The van der Waals surface area contributed by atoms with E-state index in [1.807, 2.05) is 0 Å². The van der Waals surface area contributed by atoms with Gasteiger partial charge < -0.3 is 10.0 Å². The number of hydrogen-bond acceptors (Lipinski definition) is 4. The first-order valence-electron chi connectivity index (χ1n) is 7.09. The molecule has 1 amide bonds. The van der Waals surface area contributed by atoms with Crippen molar-refractivity contribution < 1.29 is 14.8 Å². The van der Waals surface area contributed by atoms with Gasteiger partial charge in [0.15, 0.2) is 0 Å². The molecule has 0 spiro atoms. The molecule has 2 unspecified atom stereocenters. The Hall–Kier alpha value is -1.95. The van der Waals surface area contributed by atoms with E-state index in [1.54, 1.807) is 30.9 Å². The Kier molecular flexibility index (Phi) is 4.57. The van der Waals surface area contributed by atoms with Crippen LogP contribution in [-0.2, 0) is 11.2 Å². The monoisotopic (exact) mass is 292 g/mol. The summed E-state index contributed by atoms with van der Waals surface area (Å²) in [6.45, 7) is 4.61. The zero-order valence-electron chi connectivity index (χ0n) is 12.3. The van der Waals surface area contributed by atoms with Crippen LogP contribution in [-0.4, -0.2) is 40.0 Å². The van der Waals surface area contributed by atoms with E-state index in [4.69, 9.17) is 0 Å². The molecule has 1 N–H and O–H groups in total. The maximum Gasteiger partial charge on any atom is 0.272 e. The van der Waals surface area contributed by atoms with Crippen molar-refractivity contribution in [3.8, 4) is 0 Å². The number of aliphatic hydroxyl groups excluding tert-OH is 1. The van der Waals surface area contributed by atoms with Crippen LogP contribution in [0.4, 0.5) is 5.69 Å². The molecule has 0 aliphatic carbocycles. The van der Waals surface area contributed by atoms with Crippen LogP contribution in [0.1, 0.15) is 24.5 Å². The van der Waals surface area contributed by atoms with Crippen LogP contribution in [0.15, 0.2) is 18.2 Å². The van der Waals surface area contributed by atoms with E-state index in [2.05, 4.69) is 0 Å². The topological polar surface area (TPSA) is 83.7 Å². The molecule has 0 aromatic heterocycles. The van der Waals surface area contributed by atoms with Gasteiger partial charge in [-0.25, -0.2) is 0 Å². The van der Waals surface area contributed by atoms with Crippen molar-refractivity contribution in [2.45, 2.75) is 32.8 Å². The van der Waals surface area contributed by atoms with Crippen molar-refractivity contribution in [3.05, 3.63) is 39.4 Å². The zero-order chi connectivity index (χ0) is 15.6. The number of amides is 1. The number of nitrogens with zero attached hydrogens (tertiary/aromatic N) is 2. The average Bonchev–Trinajstić information content (AvgIpc) is 2.90. The standard InChI is InChI=1S/C15H20N2O4/c1-10-12(4-3-5-14(10)17(20)21)8-15(19)16-7-6-13(9-16)11(2)18/h3-5,11,13,18H,6-9H2,1-2H3. The first-order valence-corrected chi connectivity index (χ1v) is 7.09. The number of rotatable bonds is 4. The number of benzene rings is 1. The molecule has 1 fully saturated rings. The lowest BCUT2D eigenvalue weighted by atomic mass is 10.0. The van der Waals surface area contributed by atoms with Gasteiger partial charge in [-0.05, 0) is 25.8 Å². The molecule has 0 bridgehead atoms. The highest BCUT2D eigenvalue weighted by Gasteiger charge is 2.29. The van der Waals surface area contributed by atoms with E-state index >= 15 is 0 Å². The Labute approximate surface area is 123 Å². The van der Waals surface area contributed by atoms with Crippen LogP contribution < -0.4 is 0 Å². The first kappa shape index (κ1) is 15.4. The Morgan fingerprint density at radius 3 is 2.86 bits per heavy atom. The second-order valence-corrected chi connectivity index (χ2v) is 5.62. The molecular formula is C15H20N2O4. The smallest absolute Gasteiger partial charge is 0.272 e. The van der Waals surface area contributed by atoms with Gasteiger partial charge in [0, 0.05) is 30.6 Å². The minimum absolute atomic E-state index is 0.0400. The highest BCUT2D eigenvalue weighted by molar-refractivity contribution is 5.79. The van der Waals surface area contributed by atoms with E-state index in [9.17, 15) is 20.0 Å². The Balaban J connectivity index is 2.07. The zero-order valence-corrected chi connectivity index (χ0v) is 12.3. The largest absolute Gasteiger partial charge is 0.393 e. The van der Waals surface area contributed by atoms with E-state index in [-0.39, 0.29) is 23.9 Å². The molecule has 21 heavy (non-hydrogen) atoms. The Bertz CT molecular complexity index is 557. The van der Waals surface area contributed by atoms with Crippen LogP contribution in [0, 0.1) is 23.0 Å². The lowest BCUT2D eigenvalue weighted by Crippen LogP contribution is -2.31. The summed E-state index contributed by atoms with van der Waals surface area (Å²) >= 11 is 0. The van der Waals surface area contributed by atoms with E-state index < -0.39 is 11.0 Å². The summed E-state index contributed by atoms with van der Waals surface area (Å²) in [6, 6.07) is 4.81. The second kappa shape index (κ2) is 6.22. The van der Waals surface area contributed by atoms with E-state index in [0.717, 1.165) is 6.42 Å². The molecule has 0 radical (unpaired) electrons. The molecule has 1 aromatic carbocycles. The predicted octanol–water partition coefficient (Wildman–Crippen LogP) is 1.68. The van der Waals surface area contributed by atoms with E-state index in [0.29, 0.717) is 24.2 Å². The molecule has 2 atom stereocenters. The molecule has 1 heterocycles. The number of carbonyl (C=O) groups excluding carboxylic acids is 1. The summed E-state index contributed by atoms with van der Waals surface area (Å²) in [4.78, 5) is 24.5. The van der Waals surface area contributed by atoms with Gasteiger partial charge in [-0.3, -0.25) is 14.9 Å². The molecule has 6 heteroatoms. The number of likely N-dealkylation sites (tertiary alicyclic amines) is 1. The van der Waals surface area contributed by atoms with E-state index in [1.165, 1.54) is 6.07 Å². The Morgan fingerprint density at radius 2 is 2.29 bits per heavy atom. The molecule has 1 aliphatic rings. The van der Waals surface area contributed by atoms with Crippen LogP contribution in [0.2, 0.25) is 0 Å². The van der Waals surface area contributed by atoms with Gasteiger partial charge in [0.25, 0.3) is 5.69 Å². The molecule has 1 aromatic rings. The van der Waals surface area contributed by atoms with Gasteiger partial charge >= 0.3 is 0 Å². The molecular weight excluding hydrogens is 272 g/mol. The quantitative estimate of drug-likeness (QED) is 0.676. The average molecular weight is 292 g/mol. The van der Waals surface area contributed by atoms with Crippen LogP contribution in [0.25, 0.3) is 0 Å². The Morgan fingerprint density at radius 1 is 1.57 bits per heavy atom. The van der Waals surface area contributed by atoms with Crippen LogP contribution in [0.3, 0.4) is 0 Å². The van der Waals surface area contributed by atoms with Gasteiger partial charge in [-0.2, -0.15) is 0 Å². The highest BCUT2D eigenvalue weighted by atomic mass is 16.6. The van der Waals surface area contributed by atoms with Crippen molar-refractivity contribution in [2.75, 3.05) is 13.1 Å². The van der Waals surface area contributed by atoms with Gasteiger partial charge in [-0.15, -0.1) is 0 Å². The summed E-state index contributed by atoms with van der Waals surface area (Å²) in [7, 11) is 0. The van der Waals surface area contributed by atoms with Crippen molar-refractivity contribution in [1.29, 1.82) is 0 Å². The fourth-order valence-electron chi connectivity index (χ4n) is 2.74. The van der Waals surface area contributed by atoms with Gasteiger partial charge in [0.2, 0.25) is 5.91 Å². The minimum atomic E-state index is -0.428. The van der Waals surface area contributed by atoms with Gasteiger partial charge in [-0.1, -0.05) is 12.1 Å². The number of nitro benzene ring substituents is 1. The van der Waals surface area contributed by atoms with Crippen LogP contribution >= 0.6 is 0 Å². The summed E-state index contributed by atoms with van der Waals surface area (Å²) in [5, 5.41) is 20.5. The van der Waals surface area contributed by atoms with Crippen molar-refractivity contribution >= 4 is 11.6 Å². The fourth-order valence-corrected chi connectivity index (χ4v) is 2.74. The summed E-state index contributed by atoms with van der Waals surface area (Å²) in [5.74, 6) is 0.0851. The van der Waals surface area contributed by atoms with Crippen molar-refractivity contribution in [2.24, 2.45) is 5.92 Å². The van der Waals surface area contributed by atoms with Gasteiger partial charge in [0.05, 0.1) is 17.4 Å². The number of carbonyl (C=O) groups is 1. The van der Waals surface area contributed by atoms with Crippen molar-refractivity contribution in [1.82, 2.24) is 4.90 Å². The predicted molar refractivity (Wildman–Crippen MR) is 77.9 cm³/mol. The van der Waals surface area contributed by atoms with Crippen molar-refractivity contribution in [3.63, 3.8) is 0 Å². The minimum Gasteiger partial charge on any atom is -0.393 e. The third kappa shape index (κ3) is 3.39. The van der Waals surface area contributed by atoms with Gasteiger partial charge in [0.1, 0.15) is 0 Å².